The van der Waals surface area contributed by atoms with E-state index in [0.29, 0.717) is 6.04 Å². The maximum atomic E-state index is 3.51. The highest BCUT2D eigenvalue weighted by Gasteiger charge is 2.26. The van der Waals surface area contributed by atoms with Crippen molar-refractivity contribution in [3.63, 3.8) is 0 Å². The minimum Gasteiger partial charge on any atom is -0.316 e. The van der Waals surface area contributed by atoms with Gasteiger partial charge in [-0.1, -0.05) is 13.8 Å². The molecule has 0 aliphatic heterocycles. The van der Waals surface area contributed by atoms with E-state index in [1.165, 1.54) is 25.8 Å². The van der Waals surface area contributed by atoms with Crippen LogP contribution < -0.4 is 5.32 Å². The van der Waals surface area contributed by atoms with Gasteiger partial charge in [-0.15, -0.1) is 0 Å². The zero-order valence-corrected chi connectivity index (χ0v) is 10.9. The Hall–Kier alpha value is -0.0800. The van der Waals surface area contributed by atoms with Crippen molar-refractivity contribution in [1.29, 1.82) is 0 Å². The Balaban J connectivity index is 2.14. The third kappa shape index (κ3) is 4.98. The second-order valence-corrected chi connectivity index (χ2v) is 5.30. The van der Waals surface area contributed by atoms with Gasteiger partial charge in [-0.05, 0) is 58.2 Å². The highest BCUT2D eigenvalue weighted by atomic mass is 15.1. The highest BCUT2D eigenvalue weighted by molar-refractivity contribution is 4.80. The molecule has 15 heavy (non-hydrogen) atoms. The van der Waals surface area contributed by atoms with Gasteiger partial charge in [0, 0.05) is 12.6 Å². The van der Waals surface area contributed by atoms with Gasteiger partial charge in [-0.3, -0.25) is 0 Å². The Labute approximate surface area is 95.4 Å². The summed E-state index contributed by atoms with van der Waals surface area (Å²) >= 11 is 0. The molecule has 0 aromatic rings. The van der Waals surface area contributed by atoms with E-state index in [9.17, 15) is 0 Å². The molecule has 1 N–H and O–H groups in total. The van der Waals surface area contributed by atoms with Crippen LogP contribution in [-0.2, 0) is 0 Å². The molecule has 1 aliphatic carbocycles. The minimum atomic E-state index is 0.704. The molecule has 0 bridgehead atoms. The van der Waals surface area contributed by atoms with Crippen molar-refractivity contribution in [2.45, 2.75) is 46.1 Å². The monoisotopic (exact) mass is 212 g/mol. The van der Waals surface area contributed by atoms with Crippen molar-refractivity contribution >= 4 is 0 Å². The summed E-state index contributed by atoms with van der Waals surface area (Å²) in [5, 5.41) is 3.51. The largest absolute Gasteiger partial charge is 0.316 e. The molecule has 2 heteroatoms. The molecule has 1 aliphatic rings. The molecule has 1 rings (SSSR count). The third-order valence-electron chi connectivity index (χ3n) is 3.65. The first-order valence-electron chi connectivity index (χ1n) is 6.56. The molecule has 90 valence electrons. The predicted octanol–water partition coefficient (Wildman–Crippen LogP) is 2.35. The van der Waals surface area contributed by atoms with Crippen LogP contribution in [0.4, 0.5) is 0 Å². The summed E-state index contributed by atoms with van der Waals surface area (Å²) < 4.78 is 0. The predicted molar refractivity (Wildman–Crippen MR) is 67.1 cm³/mol. The number of rotatable bonds is 8. The Morgan fingerprint density at radius 3 is 2.53 bits per heavy atom. The summed E-state index contributed by atoms with van der Waals surface area (Å²) in [6.45, 7) is 10.6. The summed E-state index contributed by atoms with van der Waals surface area (Å²) in [5.41, 5.74) is 0. The lowest BCUT2D eigenvalue weighted by molar-refractivity contribution is 0.189. The molecule has 0 amide bonds. The average Bonchev–Trinajstić information content (AvgIpc) is 3.00. The zero-order valence-electron chi connectivity index (χ0n) is 10.9. The van der Waals surface area contributed by atoms with Gasteiger partial charge in [0.1, 0.15) is 0 Å². The first kappa shape index (κ1) is 13.0. The summed E-state index contributed by atoms with van der Waals surface area (Å²) in [7, 11) is 2.28. The van der Waals surface area contributed by atoms with Gasteiger partial charge in [0.15, 0.2) is 0 Å². The lowest BCUT2D eigenvalue weighted by Crippen LogP contribution is -2.40. The van der Waals surface area contributed by atoms with Crippen LogP contribution >= 0.6 is 0 Å². The average molecular weight is 212 g/mol. The quantitative estimate of drug-likeness (QED) is 0.621. The fourth-order valence-corrected chi connectivity index (χ4v) is 1.99. The van der Waals surface area contributed by atoms with Gasteiger partial charge in [0.2, 0.25) is 0 Å². The fourth-order valence-electron chi connectivity index (χ4n) is 1.99. The molecule has 0 aromatic heterocycles. The van der Waals surface area contributed by atoms with Crippen LogP contribution in [0, 0.1) is 11.8 Å². The molecular formula is C13H28N2. The van der Waals surface area contributed by atoms with Gasteiger partial charge in [0.25, 0.3) is 0 Å². The number of nitrogens with zero attached hydrogens (tertiary/aromatic N) is 1. The maximum absolute atomic E-state index is 3.51. The zero-order chi connectivity index (χ0) is 11.3. The molecule has 2 unspecified atom stereocenters. The van der Waals surface area contributed by atoms with Gasteiger partial charge in [-0.25, -0.2) is 0 Å². The molecule has 0 aromatic carbocycles. The van der Waals surface area contributed by atoms with E-state index in [-0.39, 0.29) is 0 Å². The van der Waals surface area contributed by atoms with E-state index in [2.05, 4.69) is 38.0 Å². The minimum absolute atomic E-state index is 0.704. The summed E-state index contributed by atoms with van der Waals surface area (Å²) in [4.78, 5) is 2.54. The Kier molecular flexibility index (Phi) is 5.62. The first-order valence-corrected chi connectivity index (χ1v) is 6.56. The van der Waals surface area contributed by atoms with Crippen molar-refractivity contribution in [3.05, 3.63) is 0 Å². The van der Waals surface area contributed by atoms with Gasteiger partial charge in [-0.2, -0.15) is 0 Å². The van der Waals surface area contributed by atoms with Crippen molar-refractivity contribution in [1.82, 2.24) is 10.2 Å². The van der Waals surface area contributed by atoms with Crippen molar-refractivity contribution in [2.24, 2.45) is 11.8 Å². The lowest BCUT2D eigenvalue weighted by Gasteiger charge is -2.30. The van der Waals surface area contributed by atoms with Crippen LogP contribution in [0.2, 0.25) is 0 Å². The van der Waals surface area contributed by atoms with Gasteiger partial charge in [0.05, 0.1) is 0 Å². The first-order chi connectivity index (χ1) is 7.15. The van der Waals surface area contributed by atoms with E-state index in [4.69, 9.17) is 0 Å². The fraction of sp³-hybridized carbons (Fsp3) is 1.00. The van der Waals surface area contributed by atoms with Crippen molar-refractivity contribution < 1.29 is 0 Å². The number of nitrogens with one attached hydrogen (secondary N) is 1. The lowest BCUT2D eigenvalue weighted by atomic mass is 10.0. The normalized spacial score (nSPS) is 20.6. The SMILES string of the molecule is CCCNCC(C)C(C)N(C)CC1CC1. The molecule has 2 nitrogen and oxygen atoms in total. The molecule has 0 radical (unpaired) electrons. The third-order valence-corrected chi connectivity index (χ3v) is 3.65. The van der Waals surface area contributed by atoms with E-state index in [0.717, 1.165) is 24.9 Å². The topological polar surface area (TPSA) is 15.3 Å². The molecular weight excluding hydrogens is 184 g/mol. The van der Waals surface area contributed by atoms with E-state index >= 15 is 0 Å². The molecule has 1 saturated carbocycles. The van der Waals surface area contributed by atoms with E-state index in [1.807, 2.05) is 0 Å². The number of hydrogen-bond acceptors (Lipinski definition) is 2. The molecule has 1 fully saturated rings. The summed E-state index contributed by atoms with van der Waals surface area (Å²) in [5.74, 6) is 1.76. The Bertz CT molecular complexity index is 166. The summed E-state index contributed by atoms with van der Waals surface area (Å²) in [6, 6.07) is 0.704. The Morgan fingerprint density at radius 1 is 1.33 bits per heavy atom. The number of hydrogen-bond donors (Lipinski definition) is 1. The van der Waals surface area contributed by atoms with E-state index in [1.54, 1.807) is 0 Å². The molecule has 0 spiro atoms. The van der Waals surface area contributed by atoms with Crippen LogP contribution in [0.3, 0.4) is 0 Å². The van der Waals surface area contributed by atoms with Crippen LogP contribution in [0.25, 0.3) is 0 Å². The molecule has 0 heterocycles. The van der Waals surface area contributed by atoms with Crippen LogP contribution in [0.1, 0.15) is 40.0 Å². The van der Waals surface area contributed by atoms with Crippen LogP contribution in [0.15, 0.2) is 0 Å². The highest BCUT2D eigenvalue weighted by Crippen LogP contribution is 2.30. The maximum Gasteiger partial charge on any atom is 0.0102 e. The molecule has 2 atom stereocenters. The van der Waals surface area contributed by atoms with Crippen molar-refractivity contribution in [3.8, 4) is 0 Å². The second kappa shape index (κ2) is 6.49. The molecule has 0 saturated heterocycles. The smallest absolute Gasteiger partial charge is 0.0102 e. The van der Waals surface area contributed by atoms with Crippen LogP contribution in [0.5, 0.6) is 0 Å². The van der Waals surface area contributed by atoms with Crippen LogP contribution in [-0.4, -0.2) is 37.6 Å². The Morgan fingerprint density at radius 2 is 2.00 bits per heavy atom. The standard InChI is InChI=1S/C13H28N2/c1-5-8-14-9-11(2)12(3)15(4)10-13-6-7-13/h11-14H,5-10H2,1-4H3. The van der Waals surface area contributed by atoms with Gasteiger partial charge < -0.3 is 10.2 Å². The second-order valence-electron chi connectivity index (χ2n) is 5.30. The summed E-state index contributed by atoms with van der Waals surface area (Å²) in [6.07, 6.45) is 4.15. The van der Waals surface area contributed by atoms with Gasteiger partial charge >= 0.3 is 0 Å². The van der Waals surface area contributed by atoms with Crippen molar-refractivity contribution in [2.75, 3.05) is 26.7 Å². The van der Waals surface area contributed by atoms with E-state index < -0.39 is 0 Å².